The Bertz CT molecular complexity index is 482. The molecule has 0 aliphatic heterocycles. The molecule has 2 N–H and O–H groups in total. The average Bonchev–Trinajstić information content (AvgIpc) is 3.18. The van der Waals surface area contributed by atoms with Gasteiger partial charge in [0.25, 0.3) is 0 Å². The maximum Gasteiger partial charge on any atom is 0.223 e. The summed E-state index contributed by atoms with van der Waals surface area (Å²) in [5, 5.41) is 7.50. The lowest BCUT2D eigenvalue weighted by atomic mass is 10.1. The topological polar surface area (TPSA) is 41.1 Å². The quantitative estimate of drug-likeness (QED) is 0.736. The van der Waals surface area contributed by atoms with E-state index in [4.69, 9.17) is 23.2 Å². The van der Waals surface area contributed by atoms with E-state index < -0.39 is 0 Å². The van der Waals surface area contributed by atoms with Gasteiger partial charge in [0.1, 0.15) is 0 Å². The van der Waals surface area contributed by atoms with Gasteiger partial charge in [0.2, 0.25) is 5.91 Å². The molecule has 0 spiro atoms. The number of carbonyl (C=O) groups excluding carboxylic acids is 1. The van der Waals surface area contributed by atoms with E-state index in [1.54, 1.807) is 6.07 Å². The molecule has 0 bridgehead atoms. The maximum absolute atomic E-state index is 12.0. The molecule has 118 valence electrons. The largest absolute Gasteiger partial charge is 0.355 e. The first-order chi connectivity index (χ1) is 9.63. The Balaban J connectivity index is 0.00000220. The first-order valence-electron chi connectivity index (χ1n) is 7.07. The average molecular weight is 352 g/mol. The van der Waals surface area contributed by atoms with E-state index in [2.05, 4.69) is 17.6 Å². The fourth-order valence-electron chi connectivity index (χ4n) is 2.34. The van der Waals surface area contributed by atoms with Crippen molar-refractivity contribution in [2.45, 2.75) is 25.7 Å². The van der Waals surface area contributed by atoms with E-state index in [1.807, 2.05) is 12.1 Å². The maximum atomic E-state index is 12.0. The van der Waals surface area contributed by atoms with E-state index in [9.17, 15) is 4.79 Å². The smallest absolute Gasteiger partial charge is 0.223 e. The van der Waals surface area contributed by atoms with E-state index in [0.29, 0.717) is 16.6 Å². The van der Waals surface area contributed by atoms with Crippen molar-refractivity contribution >= 4 is 41.5 Å². The Kier molecular flexibility index (Phi) is 7.82. The van der Waals surface area contributed by atoms with Crippen molar-refractivity contribution in [3.8, 4) is 0 Å². The predicted octanol–water partition coefficient (Wildman–Crippen LogP) is 3.63. The van der Waals surface area contributed by atoms with Crippen molar-refractivity contribution in [2.75, 3.05) is 19.6 Å². The number of halogens is 3. The minimum absolute atomic E-state index is 0. The summed E-state index contributed by atoms with van der Waals surface area (Å²) < 4.78 is 0. The highest BCUT2D eigenvalue weighted by Crippen LogP contribution is 2.49. The van der Waals surface area contributed by atoms with Crippen molar-refractivity contribution < 1.29 is 4.79 Å². The molecular weight excluding hydrogens is 331 g/mol. The van der Waals surface area contributed by atoms with Gasteiger partial charge in [-0.25, -0.2) is 0 Å². The lowest BCUT2D eigenvalue weighted by Gasteiger charge is -2.07. The number of hydrogen-bond acceptors (Lipinski definition) is 2. The summed E-state index contributed by atoms with van der Waals surface area (Å²) in [6.45, 7) is 4.60. The third-order valence-electron chi connectivity index (χ3n) is 3.52. The molecule has 0 radical (unpaired) electrons. The predicted molar refractivity (Wildman–Crippen MR) is 90.7 cm³/mol. The lowest BCUT2D eigenvalue weighted by molar-refractivity contribution is -0.122. The number of amides is 1. The number of nitrogens with one attached hydrogen (secondary N) is 2. The zero-order chi connectivity index (χ0) is 14.5. The highest BCUT2D eigenvalue weighted by atomic mass is 35.5. The molecule has 1 amide bonds. The van der Waals surface area contributed by atoms with Gasteiger partial charge < -0.3 is 10.6 Å². The molecule has 1 aliphatic carbocycles. The third kappa shape index (κ3) is 5.33. The van der Waals surface area contributed by atoms with E-state index in [0.717, 1.165) is 31.5 Å². The van der Waals surface area contributed by atoms with Crippen LogP contribution in [0, 0.1) is 5.92 Å². The minimum Gasteiger partial charge on any atom is -0.355 e. The summed E-state index contributed by atoms with van der Waals surface area (Å²) in [7, 11) is 0. The zero-order valence-corrected chi connectivity index (χ0v) is 14.3. The van der Waals surface area contributed by atoms with Gasteiger partial charge in [0, 0.05) is 29.1 Å². The van der Waals surface area contributed by atoms with Gasteiger partial charge in [-0.05, 0) is 43.0 Å². The van der Waals surface area contributed by atoms with Crippen LogP contribution < -0.4 is 10.6 Å². The number of benzene rings is 1. The van der Waals surface area contributed by atoms with E-state index >= 15 is 0 Å². The Morgan fingerprint density at radius 2 is 2.05 bits per heavy atom. The Labute approximate surface area is 142 Å². The fraction of sp³-hybridized carbons (Fsp3) is 0.533. The van der Waals surface area contributed by atoms with Crippen LogP contribution in [0.3, 0.4) is 0 Å². The molecule has 1 aliphatic rings. The number of carbonyl (C=O) groups is 1. The summed E-state index contributed by atoms with van der Waals surface area (Å²) in [5.74, 6) is 0.419. The van der Waals surface area contributed by atoms with Gasteiger partial charge in [-0.15, -0.1) is 12.4 Å². The Hall–Kier alpha value is -0.480. The van der Waals surface area contributed by atoms with Crippen molar-refractivity contribution in [2.24, 2.45) is 5.92 Å². The molecule has 0 heterocycles. The second-order valence-electron chi connectivity index (χ2n) is 5.16. The van der Waals surface area contributed by atoms with E-state index in [-0.39, 0.29) is 30.2 Å². The van der Waals surface area contributed by atoms with Crippen LogP contribution in [0.15, 0.2) is 18.2 Å². The second kappa shape index (κ2) is 8.84. The summed E-state index contributed by atoms with van der Waals surface area (Å²) >= 11 is 12.1. The molecule has 6 heteroatoms. The summed E-state index contributed by atoms with van der Waals surface area (Å²) in [6, 6.07) is 5.48. The van der Waals surface area contributed by atoms with Crippen molar-refractivity contribution in [3.05, 3.63) is 33.8 Å². The van der Waals surface area contributed by atoms with Crippen LogP contribution >= 0.6 is 35.6 Å². The first kappa shape index (κ1) is 18.6. The standard InChI is InChI=1S/C15H20Cl2N2O.ClH/c1-2-5-18-6-7-19-15(20)13-9-12(13)11-4-3-10(16)8-14(11)17;/h3-4,8,12-13,18H,2,5-7,9H2,1H3,(H,19,20);1H. The van der Waals surface area contributed by atoms with Crippen LogP contribution in [-0.2, 0) is 4.79 Å². The van der Waals surface area contributed by atoms with Crippen LogP contribution in [0.2, 0.25) is 10.0 Å². The Morgan fingerprint density at radius 3 is 2.71 bits per heavy atom. The Morgan fingerprint density at radius 1 is 1.29 bits per heavy atom. The first-order valence-corrected chi connectivity index (χ1v) is 7.82. The molecule has 2 rings (SSSR count). The van der Waals surface area contributed by atoms with Gasteiger partial charge in [-0.1, -0.05) is 36.2 Å². The van der Waals surface area contributed by atoms with E-state index in [1.165, 1.54) is 0 Å². The molecule has 1 saturated carbocycles. The molecule has 0 saturated heterocycles. The molecule has 21 heavy (non-hydrogen) atoms. The van der Waals surface area contributed by atoms with Crippen molar-refractivity contribution in [3.63, 3.8) is 0 Å². The van der Waals surface area contributed by atoms with Crippen LogP contribution in [0.4, 0.5) is 0 Å². The van der Waals surface area contributed by atoms with Gasteiger partial charge in [-0.2, -0.15) is 0 Å². The second-order valence-corrected chi connectivity index (χ2v) is 6.00. The summed E-state index contributed by atoms with van der Waals surface area (Å²) in [4.78, 5) is 12.0. The normalized spacial score (nSPS) is 19.8. The van der Waals surface area contributed by atoms with Crippen molar-refractivity contribution in [1.29, 1.82) is 0 Å². The minimum atomic E-state index is 0. The molecule has 3 nitrogen and oxygen atoms in total. The fourth-order valence-corrected chi connectivity index (χ4v) is 2.89. The van der Waals surface area contributed by atoms with Gasteiger partial charge in [-0.3, -0.25) is 4.79 Å². The van der Waals surface area contributed by atoms with Crippen LogP contribution in [0.5, 0.6) is 0 Å². The summed E-state index contributed by atoms with van der Waals surface area (Å²) in [6.07, 6.45) is 1.98. The van der Waals surface area contributed by atoms with Crippen LogP contribution in [0.1, 0.15) is 31.2 Å². The van der Waals surface area contributed by atoms with Crippen LogP contribution in [-0.4, -0.2) is 25.5 Å². The highest BCUT2D eigenvalue weighted by Gasteiger charge is 2.44. The third-order valence-corrected chi connectivity index (χ3v) is 4.08. The molecule has 0 aromatic heterocycles. The van der Waals surface area contributed by atoms with Crippen LogP contribution in [0.25, 0.3) is 0 Å². The number of rotatable bonds is 7. The molecular formula is C15H21Cl3N2O. The van der Waals surface area contributed by atoms with Crippen molar-refractivity contribution in [1.82, 2.24) is 10.6 Å². The zero-order valence-electron chi connectivity index (χ0n) is 12.0. The molecule has 1 aromatic rings. The highest BCUT2D eigenvalue weighted by molar-refractivity contribution is 6.35. The van der Waals surface area contributed by atoms with Gasteiger partial charge >= 0.3 is 0 Å². The molecule has 2 unspecified atom stereocenters. The lowest BCUT2D eigenvalue weighted by Crippen LogP contribution is -2.33. The van der Waals surface area contributed by atoms with Gasteiger partial charge in [0.15, 0.2) is 0 Å². The molecule has 1 aromatic carbocycles. The number of hydrogen-bond donors (Lipinski definition) is 2. The summed E-state index contributed by atoms with van der Waals surface area (Å²) in [5.41, 5.74) is 1.03. The molecule has 2 atom stereocenters. The SMILES string of the molecule is CCCNCCNC(=O)C1CC1c1ccc(Cl)cc1Cl.Cl. The molecule has 1 fully saturated rings. The van der Waals surface area contributed by atoms with Gasteiger partial charge in [0.05, 0.1) is 0 Å². The monoisotopic (exact) mass is 350 g/mol.